The molecule has 0 saturated heterocycles. The van der Waals surface area contributed by atoms with Gasteiger partial charge in [-0.15, -0.1) is 0 Å². The van der Waals surface area contributed by atoms with E-state index in [1.807, 2.05) is 24.0 Å². The zero-order chi connectivity index (χ0) is 15.4. The quantitative estimate of drug-likeness (QED) is 0.674. The molecule has 114 valence electrons. The molecule has 4 nitrogen and oxygen atoms in total. The smallest absolute Gasteiger partial charge is 0.0758 e. The summed E-state index contributed by atoms with van der Waals surface area (Å²) in [5.41, 5.74) is 2.23. The van der Waals surface area contributed by atoms with Crippen molar-refractivity contribution in [2.75, 3.05) is 20.8 Å². The van der Waals surface area contributed by atoms with E-state index in [4.69, 9.17) is 4.74 Å². The second-order valence-electron chi connectivity index (χ2n) is 4.52. The Balaban J connectivity index is 2.43. The molecule has 2 rings (SSSR count). The maximum Gasteiger partial charge on any atom is 0.0758 e. The Bertz CT molecular complexity index is 595. The lowest BCUT2D eigenvalue weighted by atomic mass is 10.0. The lowest BCUT2D eigenvalue weighted by Gasteiger charge is -2.20. The highest BCUT2D eigenvalue weighted by molar-refractivity contribution is 9.11. The van der Waals surface area contributed by atoms with Crippen molar-refractivity contribution < 1.29 is 4.74 Å². The fourth-order valence-electron chi connectivity index (χ4n) is 2.22. The summed E-state index contributed by atoms with van der Waals surface area (Å²) >= 11 is 10.7. The van der Waals surface area contributed by atoms with Gasteiger partial charge in [0, 0.05) is 16.1 Å². The highest BCUT2D eigenvalue weighted by Crippen LogP contribution is 2.31. The Hall–Kier alpha value is -0.210. The summed E-state index contributed by atoms with van der Waals surface area (Å²) in [5.74, 6) is 0. The average Bonchev–Trinajstić information content (AvgIpc) is 2.78. The number of rotatable bonds is 6. The van der Waals surface area contributed by atoms with Crippen molar-refractivity contribution in [3.8, 4) is 0 Å². The lowest BCUT2D eigenvalue weighted by Crippen LogP contribution is -2.23. The first-order valence-corrected chi connectivity index (χ1v) is 8.78. The molecule has 0 aliphatic carbocycles. The highest BCUT2D eigenvalue weighted by atomic mass is 79.9. The molecule has 1 aromatic carbocycles. The molecule has 0 amide bonds. The summed E-state index contributed by atoms with van der Waals surface area (Å²) in [4.78, 5) is 0. The Kier molecular flexibility index (Phi) is 6.43. The van der Waals surface area contributed by atoms with Crippen LogP contribution in [0.25, 0.3) is 0 Å². The molecular weight excluding hydrogens is 466 g/mol. The molecule has 7 heteroatoms. The average molecular weight is 482 g/mol. The molecule has 0 bridgehead atoms. The van der Waals surface area contributed by atoms with Crippen LogP contribution in [0.3, 0.4) is 0 Å². The number of methoxy groups -OCH3 is 1. The fourth-order valence-corrected chi connectivity index (χ4v) is 4.07. The predicted octanol–water partition coefficient (Wildman–Crippen LogP) is 4.13. The van der Waals surface area contributed by atoms with E-state index < -0.39 is 0 Å². The van der Waals surface area contributed by atoms with E-state index in [1.54, 1.807) is 7.11 Å². The molecule has 0 spiro atoms. The Morgan fingerprint density at radius 2 is 1.90 bits per heavy atom. The molecule has 1 heterocycles. The van der Waals surface area contributed by atoms with Gasteiger partial charge in [-0.2, -0.15) is 5.10 Å². The molecule has 2 aromatic rings. The number of benzene rings is 1. The molecule has 0 aliphatic heterocycles. The van der Waals surface area contributed by atoms with E-state index in [0.717, 1.165) is 24.7 Å². The number of nitrogens with zero attached hydrogens (tertiary/aromatic N) is 2. The Labute approximate surface area is 149 Å². The van der Waals surface area contributed by atoms with Crippen LogP contribution in [0.1, 0.15) is 17.3 Å². The lowest BCUT2D eigenvalue weighted by molar-refractivity contribution is 0.182. The van der Waals surface area contributed by atoms with Gasteiger partial charge in [-0.05, 0) is 46.7 Å². The second kappa shape index (κ2) is 7.87. The largest absolute Gasteiger partial charge is 0.383 e. The molecule has 1 N–H and O–H groups in total. The molecule has 21 heavy (non-hydrogen) atoms. The molecule has 1 atom stereocenters. The van der Waals surface area contributed by atoms with Gasteiger partial charge < -0.3 is 10.1 Å². The number of hydrogen-bond donors (Lipinski definition) is 1. The van der Waals surface area contributed by atoms with Gasteiger partial charge in [0.25, 0.3) is 0 Å². The van der Waals surface area contributed by atoms with Gasteiger partial charge in [-0.25, -0.2) is 0 Å². The Morgan fingerprint density at radius 1 is 1.24 bits per heavy atom. The molecule has 0 fully saturated rings. The van der Waals surface area contributed by atoms with Crippen LogP contribution in [0, 0.1) is 0 Å². The van der Waals surface area contributed by atoms with E-state index in [2.05, 4.69) is 70.3 Å². The number of halogens is 3. The SMILES string of the molecule is CNC(c1cc(Br)cc(Br)c1)c1c(Br)cnn1CCOC. The van der Waals surface area contributed by atoms with E-state index in [0.29, 0.717) is 13.2 Å². The molecule has 1 aromatic heterocycles. The summed E-state index contributed by atoms with van der Waals surface area (Å²) in [6.45, 7) is 1.34. The normalized spacial score (nSPS) is 12.6. The molecular formula is C14H16Br3N3O. The second-order valence-corrected chi connectivity index (χ2v) is 7.20. The first kappa shape index (κ1) is 17.1. The summed E-state index contributed by atoms with van der Waals surface area (Å²) in [6.07, 6.45) is 1.82. The van der Waals surface area contributed by atoms with Gasteiger partial charge >= 0.3 is 0 Å². The van der Waals surface area contributed by atoms with Gasteiger partial charge in [-0.1, -0.05) is 31.9 Å². The van der Waals surface area contributed by atoms with Crippen LogP contribution in [0.15, 0.2) is 37.8 Å². The van der Waals surface area contributed by atoms with E-state index in [9.17, 15) is 0 Å². The number of hydrogen-bond acceptors (Lipinski definition) is 3. The van der Waals surface area contributed by atoms with Crippen LogP contribution >= 0.6 is 47.8 Å². The van der Waals surface area contributed by atoms with Gasteiger partial charge in [0.2, 0.25) is 0 Å². The number of ether oxygens (including phenoxy) is 1. The van der Waals surface area contributed by atoms with Crippen molar-refractivity contribution >= 4 is 47.8 Å². The van der Waals surface area contributed by atoms with Crippen LogP contribution < -0.4 is 5.32 Å². The summed E-state index contributed by atoms with van der Waals surface area (Å²) in [5, 5.41) is 7.78. The molecule has 0 radical (unpaired) electrons. The van der Waals surface area contributed by atoms with Gasteiger partial charge in [0.1, 0.15) is 0 Å². The predicted molar refractivity (Wildman–Crippen MR) is 94.5 cm³/mol. The molecule has 0 saturated carbocycles. The van der Waals surface area contributed by atoms with Crippen LogP contribution in [0.5, 0.6) is 0 Å². The van der Waals surface area contributed by atoms with Crippen molar-refractivity contribution in [2.24, 2.45) is 0 Å². The zero-order valence-electron chi connectivity index (χ0n) is 11.7. The van der Waals surface area contributed by atoms with Crippen molar-refractivity contribution in [3.05, 3.63) is 49.1 Å². The monoisotopic (exact) mass is 479 g/mol. The summed E-state index contributed by atoms with van der Waals surface area (Å²) < 4.78 is 10.2. The maximum atomic E-state index is 5.16. The fraction of sp³-hybridized carbons (Fsp3) is 0.357. The van der Waals surface area contributed by atoms with Crippen LogP contribution in [0.2, 0.25) is 0 Å². The van der Waals surface area contributed by atoms with Crippen LogP contribution in [0.4, 0.5) is 0 Å². The van der Waals surface area contributed by atoms with Crippen LogP contribution in [-0.4, -0.2) is 30.5 Å². The topological polar surface area (TPSA) is 39.1 Å². The van der Waals surface area contributed by atoms with Gasteiger partial charge in [-0.3, -0.25) is 4.68 Å². The zero-order valence-corrected chi connectivity index (χ0v) is 16.5. The minimum atomic E-state index is 0.0348. The van der Waals surface area contributed by atoms with E-state index in [1.165, 1.54) is 0 Å². The first-order valence-electron chi connectivity index (χ1n) is 6.40. The first-order chi connectivity index (χ1) is 10.1. The molecule has 1 unspecified atom stereocenters. The maximum absolute atomic E-state index is 5.16. The van der Waals surface area contributed by atoms with Gasteiger partial charge in [0.15, 0.2) is 0 Å². The van der Waals surface area contributed by atoms with Crippen molar-refractivity contribution in [2.45, 2.75) is 12.6 Å². The Morgan fingerprint density at radius 3 is 2.48 bits per heavy atom. The third-order valence-corrected chi connectivity index (χ3v) is 4.65. The van der Waals surface area contributed by atoms with E-state index >= 15 is 0 Å². The summed E-state index contributed by atoms with van der Waals surface area (Å²) in [7, 11) is 3.64. The number of aromatic nitrogens is 2. The number of nitrogens with one attached hydrogen (secondary N) is 1. The van der Waals surface area contributed by atoms with E-state index in [-0.39, 0.29) is 6.04 Å². The standard InChI is InChI=1S/C14H16Br3N3O/c1-18-13(9-5-10(15)7-11(16)6-9)14-12(17)8-19-20(14)3-4-21-2/h5-8,13,18H,3-4H2,1-2H3. The van der Waals surface area contributed by atoms with Crippen molar-refractivity contribution in [3.63, 3.8) is 0 Å². The highest BCUT2D eigenvalue weighted by Gasteiger charge is 2.21. The van der Waals surface area contributed by atoms with Crippen LogP contribution in [-0.2, 0) is 11.3 Å². The summed E-state index contributed by atoms with van der Waals surface area (Å²) in [6, 6.07) is 6.26. The minimum Gasteiger partial charge on any atom is -0.383 e. The van der Waals surface area contributed by atoms with Gasteiger partial charge in [0.05, 0.1) is 35.6 Å². The molecule has 0 aliphatic rings. The minimum absolute atomic E-state index is 0.0348. The third-order valence-electron chi connectivity index (χ3n) is 3.12. The van der Waals surface area contributed by atoms with Crippen molar-refractivity contribution in [1.29, 1.82) is 0 Å². The van der Waals surface area contributed by atoms with Crippen molar-refractivity contribution in [1.82, 2.24) is 15.1 Å². The third kappa shape index (κ3) is 4.16.